The number of carboxylic acid groups (broad SMARTS) is 1. The SMILES string of the molecule is CC(=O)OCC1=C(C(=O)O)N2C(=O)[C@@H](NC(=O)C(=NOCCO)c3csc(N)n3)[C@H]2SC1. The van der Waals surface area contributed by atoms with Crippen LogP contribution in [-0.4, -0.2) is 86.6 Å². The fraction of sp³-hybridized carbons (Fsp3) is 0.412. The number of thiazole rings is 1. The van der Waals surface area contributed by atoms with Crippen LogP contribution in [0.15, 0.2) is 21.8 Å². The zero-order chi connectivity index (χ0) is 23.4. The Morgan fingerprint density at radius 1 is 1.44 bits per heavy atom. The molecule has 1 fully saturated rings. The summed E-state index contributed by atoms with van der Waals surface area (Å²) in [6.45, 7) is 0.455. The number of carbonyl (C=O) groups is 4. The number of hydrogen-bond acceptors (Lipinski definition) is 12. The van der Waals surface area contributed by atoms with Crippen LogP contribution in [0, 0.1) is 0 Å². The molecule has 0 aliphatic carbocycles. The number of aliphatic hydroxyl groups is 1. The summed E-state index contributed by atoms with van der Waals surface area (Å²) in [5, 5.41) is 25.6. The third-order valence-electron chi connectivity index (χ3n) is 4.30. The minimum absolute atomic E-state index is 0.123. The van der Waals surface area contributed by atoms with Gasteiger partial charge in [-0.3, -0.25) is 19.3 Å². The number of β-lactam (4-membered cyclic amide) rings is 1. The first-order valence-electron chi connectivity index (χ1n) is 9.11. The van der Waals surface area contributed by atoms with Crippen molar-refractivity contribution < 1.29 is 39.0 Å². The fourth-order valence-electron chi connectivity index (χ4n) is 2.94. The molecular formula is C17H19N5O8S2. The van der Waals surface area contributed by atoms with Crippen molar-refractivity contribution in [1.82, 2.24) is 15.2 Å². The second-order valence-corrected chi connectivity index (χ2v) is 8.46. The maximum atomic E-state index is 12.8. The highest BCUT2D eigenvalue weighted by Gasteiger charge is 2.54. The number of oxime groups is 1. The van der Waals surface area contributed by atoms with Gasteiger partial charge in [-0.15, -0.1) is 23.1 Å². The van der Waals surface area contributed by atoms with Crippen LogP contribution >= 0.6 is 23.1 Å². The fourth-order valence-corrected chi connectivity index (χ4v) is 4.82. The van der Waals surface area contributed by atoms with Gasteiger partial charge < -0.3 is 30.8 Å². The van der Waals surface area contributed by atoms with E-state index < -0.39 is 35.2 Å². The summed E-state index contributed by atoms with van der Waals surface area (Å²) in [5.41, 5.74) is 5.50. The molecule has 0 spiro atoms. The number of esters is 1. The highest BCUT2D eigenvalue weighted by atomic mass is 32.2. The van der Waals surface area contributed by atoms with E-state index in [1.807, 2.05) is 0 Å². The molecule has 0 radical (unpaired) electrons. The summed E-state index contributed by atoms with van der Waals surface area (Å²) in [4.78, 5) is 58.2. The maximum absolute atomic E-state index is 12.8. The Morgan fingerprint density at radius 2 is 2.19 bits per heavy atom. The largest absolute Gasteiger partial charge is 0.477 e. The smallest absolute Gasteiger partial charge is 0.352 e. The number of nitrogen functional groups attached to an aromatic ring is 1. The summed E-state index contributed by atoms with van der Waals surface area (Å²) < 4.78 is 4.88. The van der Waals surface area contributed by atoms with Gasteiger partial charge in [0.1, 0.15) is 36.0 Å². The van der Waals surface area contributed by atoms with Crippen molar-refractivity contribution in [3.05, 3.63) is 22.3 Å². The molecule has 3 heterocycles. The molecule has 2 amide bonds. The van der Waals surface area contributed by atoms with Crippen LogP contribution < -0.4 is 11.1 Å². The average Bonchev–Trinajstić information content (AvgIpc) is 3.18. The molecule has 1 aromatic heterocycles. The minimum Gasteiger partial charge on any atom is -0.477 e. The number of nitrogens with zero attached hydrogens (tertiary/aromatic N) is 3. The number of nitrogens with two attached hydrogens (primary N) is 1. The molecule has 0 aromatic carbocycles. The van der Waals surface area contributed by atoms with Crippen molar-refractivity contribution >= 4 is 57.7 Å². The van der Waals surface area contributed by atoms with Gasteiger partial charge in [0, 0.05) is 23.6 Å². The van der Waals surface area contributed by atoms with E-state index in [9.17, 15) is 24.3 Å². The van der Waals surface area contributed by atoms with Crippen LogP contribution in [-0.2, 0) is 28.8 Å². The average molecular weight is 486 g/mol. The second kappa shape index (κ2) is 9.97. The van der Waals surface area contributed by atoms with Crippen molar-refractivity contribution in [2.45, 2.75) is 18.3 Å². The number of thioether (sulfide) groups is 1. The Balaban J connectivity index is 1.77. The lowest BCUT2D eigenvalue weighted by molar-refractivity contribution is -0.150. The number of hydrogen-bond donors (Lipinski definition) is 4. The molecule has 0 bridgehead atoms. The summed E-state index contributed by atoms with van der Waals surface area (Å²) in [7, 11) is 0. The molecule has 32 heavy (non-hydrogen) atoms. The third-order valence-corrected chi connectivity index (χ3v) is 6.32. The van der Waals surface area contributed by atoms with Crippen LogP contribution in [0.5, 0.6) is 0 Å². The maximum Gasteiger partial charge on any atom is 0.352 e. The van der Waals surface area contributed by atoms with Crippen molar-refractivity contribution in [3.63, 3.8) is 0 Å². The van der Waals surface area contributed by atoms with Crippen LogP contribution in [0.1, 0.15) is 12.6 Å². The van der Waals surface area contributed by atoms with Gasteiger partial charge in [-0.25, -0.2) is 9.78 Å². The van der Waals surface area contributed by atoms with E-state index in [0.717, 1.165) is 16.2 Å². The Kier molecular flexibility index (Phi) is 7.32. The number of carbonyl (C=O) groups excluding carboxylic acids is 3. The lowest BCUT2D eigenvalue weighted by Gasteiger charge is -2.49. The summed E-state index contributed by atoms with van der Waals surface area (Å²) >= 11 is 2.29. The quantitative estimate of drug-likeness (QED) is 0.107. The number of rotatable bonds is 9. The normalized spacial score (nSPS) is 20.4. The molecule has 15 heteroatoms. The zero-order valence-electron chi connectivity index (χ0n) is 16.6. The van der Waals surface area contributed by atoms with Crippen LogP contribution in [0.25, 0.3) is 0 Å². The van der Waals surface area contributed by atoms with E-state index in [0.29, 0.717) is 0 Å². The lowest BCUT2D eigenvalue weighted by Crippen LogP contribution is -2.71. The standard InChI is InChI=1S/C17H19N5O8S2/c1-7(24)29-4-8-5-31-15-11(14(26)22(15)12(8)16(27)28)20-13(25)10(21-30-3-2-23)9-6-32-17(18)19-9/h6,11,15,23H,2-5H2,1H3,(H2,18,19)(H,20,25)(H,27,28)/t11-,15-/m1/s1. The van der Waals surface area contributed by atoms with E-state index in [1.54, 1.807) is 0 Å². The molecule has 2 aliphatic heterocycles. The molecule has 1 saturated heterocycles. The number of nitrogens with one attached hydrogen (secondary N) is 1. The number of ether oxygens (including phenoxy) is 1. The molecule has 5 N–H and O–H groups in total. The molecule has 2 atom stereocenters. The first kappa shape index (κ1) is 23.5. The second-order valence-electron chi connectivity index (χ2n) is 6.47. The van der Waals surface area contributed by atoms with Crippen molar-refractivity contribution in [3.8, 4) is 0 Å². The molecular weight excluding hydrogens is 466 g/mol. The predicted molar refractivity (Wildman–Crippen MR) is 112 cm³/mol. The number of aliphatic hydroxyl groups excluding tert-OH is 1. The van der Waals surface area contributed by atoms with Crippen LogP contribution in [0.2, 0.25) is 0 Å². The van der Waals surface area contributed by atoms with Gasteiger partial charge in [0.2, 0.25) is 0 Å². The monoisotopic (exact) mass is 485 g/mol. The van der Waals surface area contributed by atoms with Gasteiger partial charge in [-0.2, -0.15) is 0 Å². The summed E-state index contributed by atoms with van der Waals surface area (Å²) in [5.74, 6) is -3.14. The van der Waals surface area contributed by atoms with E-state index in [4.69, 9.17) is 20.4 Å². The van der Waals surface area contributed by atoms with E-state index >= 15 is 0 Å². The van der Waals surface area contributed by atoms with Crippen molar-refractivity contribution in [2.24, 2.45) is 5.16 Å². The number of aromatic nitrogens is 1. The van der Waals surface area contributed by atoms with Crippen LogP contribution in [0.4, 0.5) is 5.13 Å². The van der Waals surface area contributed by atoms with Gasteiger partial charge in [0.25, 0.3) is 11.8 Å². The van der Waals surface area contributed by atoms with Gasteiger partial charge in [-0.1, -0.05) is 5.16 Å². The Hall–Kier alpha value is -3.17. The van der Waals surface area contributed by atoms with Crippen molar-refractivity contribution in [2.75, 3.05) is 31.3 Å². The molecule has 1 aromatic rings. The molecule has 0 unspecified atom stereocenters. The highest BCUT2D eigenvalue weighted by Crippen LogP contribution is 2.40. The number of aliphatic carboxylic acids is 1. The molecule has 2 aliphatic rings. The highest BCUT2D eigenvalue weighted by molar-refractivity contribution is 8.00. The van der Waals surface area contributed by atoms with Gasteiger partial charge >= 0.3 is 11.9 Å². The van der Waals surface area contributed by atoms with E-state index in [1.165, 1.54) is 24.1 Å². The summed E-state index contributed by atoms with van der Waals surface area (Å²) in [6.07, 6.45) is 0. The van der Waals surface area contributed by atoms with E-state index in [-0.39, 0.29) is 53.4 Å². The Labute approximate surface area is 189 Å². The predicted octanol–water partition coefficient (Wildman–Crippen LogP) is -1.26. The molecule has 13 nitrogen and oxygen atoms in total. The topological polar surface area (TPSA) is 194 Å². The zero-order valence-corrected chi connectivity index (χ0v) is 18.3. The summed E-state index contributed by atoms with van der Waals surface area (Å²) in [6, 6.07) is -1.02. The molecule has 0 saturated carbocycles. The van der Waals surface area contributed by atoms with Crippen LogP contribution in [0.3, 0.4) is 0 Å². The number of fused-ring (bicyclic) bond motifs is 1. The lowest BCUT2D eigenvalue weighted by atomic mass is 10.0. The van der Waals surface area contributed by atoms with Gasteiger partial charge in [-0.05, 0) is 0 Å². The first-order valence-corrected chi connectivity index (χ1v) is 11.0. The number of anilines is 1. The van der Waals surface area contributed by atoms with E-state index in [2.05, 4.69) is 15.5 Å². The number of amides is 2. The Morgan fingerprint density at radius 3 is 2.78 bits per heavy atom. The minimum atomic E-state index is -1.34. The first-order chi connectivity index (χ1) is 15.2. The number of carboxylic acids is 1. The molecule has 172 valence electrons. The van der Waals surface area contributed by atoms with Gasteiger partial charge in [0.15, 0.2) is 10.8 Å². The van der Waals surface area contributed by atoms with Crippen molar-refractivity contribution in [1.29, 1.82) is 0 Å². The van der Waals surface area contributed by atoms with Gasteiger partial charge in [0.05, 0.1) is 6.61 Å². The Bertz CT molecular complexity index is 1010. The molecule has 3 rings (SSSR count). The third kappa shape index (κ3) is 4.84.